The van der Waals surface area contributed by atoms with Crippen LogP contribution in [-0.2, 0) is 6.42 Å². The third-order valence-corrected chi connectivity index (χ3v) is 5.85. The minimum absolute atomic E-state index is 0.792. The van der Waals surface area contributed by atoms with Crippen LogP contribution < -0.4 is 4.74 Å². The van der Waals surface area contributed by atoms with Crippen LogP contribution in [0, 0.1) is 5.92 Å². The van der Waals surface area contributed by atoms with Crippen LogP contribution in [0.1, 0.15) is 90.5 Å². The standard InChI is InChI=1S/C27H41NO/c1-4-6-7-8-9-10-11-14-24-15-20-27(28-22-24)25-16-18-26(19-17-25)29-21-12-13-23(3)5-2/h15-20,22-23H,4-14,21H2,1-3H3. The number of benzene rings is 1. The van der Waals surface area contributed by atoms with Crippen molar-refractivity contribution in [1.29, 1.82) is 0 Å². The summed E-state index contributed by atoms with van der Waals surface area (Å²) in [6, 6.07) is 12.7. The van der Waals surface area contributed by atoms with E-state index in [2.05, 4.69) is 62.2 Å². The number of hydrogen-bond donors (Lipinski definition) is 0. The average Bonchev–Trinajstić information content (AvgIpc) is 2.77. The number of unbranched alkanes of at least 4 members (excludes halogenated alkanes) is 6. The zero-order valence-electron chi connectivity index (χ0n) is 19.0. The molecule has 0 saturated heterocycles. The van der Waals surface area contributed by atoms with Crippen LogP contribution in [0.15, 0.2) is 42.6 Å². The van der Waals surface area contributed by atoms with E-state index in [1.54, 1.807) is 0 Å². The monoisotopic (exact) mass is 395 g/mol. The Kier molecular flexibility index (Phi) is 11.5. The summed E-state index contributed by atoms with van der Waals surface area (Å²) >= 11 is 0. The predicted octanol–water partition coefficient (Wildman–Crippen LogP) is 8.25. The minimum Gasteiger partial charge on any atom is -0.494 e. The number of hydrogen-bond acceptors (Lipinski definition) is 2. The molecular formula is C27H41NO. The van der Waals surface area contributed by atoms with E-state index in [0.29, 0.717) is 0 Å². The molecule has 0 aliphatic carbocycles. The van der Waals surface area contributed by atoms with Crippen molar-refractivity contribution in [3.05, 3.63) is 48.2 Å². The molecule has 1 unspecified atom stereocenters. The molecule has 2 aromatic rings. The molecule has 1 aromatic heterocycles. The summed E-state index contributed by atoms with van der Waals surface area (Å²) in [5, 5.41) is 0. The molecule has 0 spiro atoms. The lowest BCUT2D eigenvalue weighted by atomic mass is 10.0. The first-order chi connectivity index (χ1) is 14.2. The van der Waals surface area contributed by atoms with E-state index in [-0.39, 0.29) is 0 Å². The van der Waals surface area contributed by atoms with Gasteiger partial charge in [-0.2, -0.15) is 0 Å². The summed E-state index contributed by atoms with van der Waals surface area (Å²) in [5.74, 6) is 1.74. The maximum Gasteiger partial charge on any atom is 0.119 e. The van der Waals surface area contributed by atoms with Crippen LogP contribution in [0.5, 0.6) is 5.75 Å². The Labute approximate surface area is 179 Å². The van der Waals surface area contributed by atoms with Crippen LogP contribution in [0.4, 0.5) is 0 Å². The quantitative estimate of drug-likeness (QED) is 0.283. The molecule has 2 heteroatoms. The first-order valence-electron chi connectivity index (χ1n) is 11.9. The van der Waals surface area contributed by atoms with Crippen molar-refractivity contribution in [1.82, 2.24) is 4.98 Å². The van der Waals surface area contributed by atoms with Crippen LogP contribution in [0.2, 0.25) is 0 Å². The van der Waals surface area contributed by atoms with Crippen molar-refractivity contribution in [2.75, 3.05) is 6.61 Å². The van der Waals surface area contributed by atoms with E-state index < -0.39 is 0 Å². The Morgan fingerprint density at radius 3 is 2.21 bits per heavy atom. The first kappa shape index (κ1) is 23.4. The lowest BCUT2D eigenvalue weighted by Gasteiger charge is -2.10. The molecule has 160 valence electrons. The molecule has 0 N–H and O–H groups in total. The first-order valence-corrected chi connectivity index (χ1v) is 11.9. The predicted molar refractivity (Wildman–Crippen MR) is 126 cm³/mol. The summed E-state index contributed by atoms with van der Waals surface area (Å²) in [6.07, 6.45) is 16.3. The highest BCUT2D eigenvalue weighted by Crippen LogP contribution is 2.22. The second-order valence-electron chi connectivity index (χ2n) is 8.45. The highest BCUT2D eigenvalue weighted by molar-refractivity contribution is 5.60. The van der Waals surface area contributed by atoms with E-state index in [0.717, 1.165) is 42.4 Å². The largest absolute Gasteiger partial charge is 0.494 e. The van der Waals surface area contributed by atoms with Gasteiger partial charge in [0.1, 0.15) is 5.75 Å². The van der Waals surface area contributed by atoms with Crippen molar-refractivity contribution >= 4 is 0 Å². The van der Waals surface area contributed by atoms with Gasteiger partial charge in [-0.25, -0.2) is 0 Å². The Morgan fingerprint density at radius 2 is 1.55 bits per heavy atom. The van der Waals surface area contributed by atoms with Gasteiger partial charge in [-0.1, -0.05) is 71.8 Å². The molecule has 0 fully saturated rings. The summed E-state index contributed by atoms with van der Waals surface area (Å²) in [4.78, 5) is 4.68. The van der Waals surface area contributed by atoms with Gasteiger partial charge in [0.25, 0.3) is 0 Å². The van der Waals surface area contributed by atoms with Gasteiger partial charge in [-0.3, -0.25) is 4.98 Å². The molecule has 29 heavy (non-hydrogen) atoms. The molecule has 1 atom stereocenters. The second-order valence-corrected chi connectivity index (χ2v) is 8.45. The SMILES string of the molecule is CCCCCCCCCc1ccc(-c2ccc(OCCCC(C)CC)cc2)nc1. The molecule has 0 saturated carbocycles. The van der Waals surface area contributed by atoms with Gasteiger partial charge in [0.05, 0.1) is 12.3 Å². The molecule has 2 rings (SSSR count). The highest BCUT2D eigenvalue weighted by atomic mass is 16.5. The molecule has 0 radical (unpaired) electrons. The molecule has 1 heterocycles. The minimum atomic E-state index is 0.792. The van der Waals surface area contributed by atoms with Crippen molar-refractivity contribution < 1.29 is 4.74 Å². The molecule has 1 aromatic carbocycles. The van der Waals surface area contributed by atoms with E-state index in [1.807, 2.05) is 6.20 Å². The number of pyridine rings is 1. The van der Waals surface area contributed by atoms with E-state index in [1.165, 1.54) is 63.4 Å². The average molecular weight is 396 g/mol. The molecular weight excluding hydrogens is 354 g/mol. The van der Waals surface area contributed by atoms with Gasteiger partial charge in [0.15, 0.2) is 0 Å². The number of nitrogens with zero attached hydrogens (tertiary/aromatic N) is 1. The Bertz CT molecular complexity index is 647. The van der Waals surface area contributed by atoms with Gasteiger partial charge in [-0.05, 0) is 67.5 Å². The van der Waals surface area contributed by atoms with E-state index in [9.17, 15) is 0 Å². The normalized spacial score (nSPS) is 12.1. The fourth-order valence-corrected chi connectivity index (χ4v) is 3.58. The van der Waals surface area contributed by atoms with Crippen molar-refractivity contribution in [3.8, 4) is 17.0 Å². The van der Waals surface area contributed by atoms with Gasteiger partial charge in [0, 0.05) is 11.8 Å². The summed E-state index contributed by atoms with van der Waals surface area (Å²) < 4.78 is 5.88. The molecule has 0 amide bonds. The van der Waals surface area contributed by atoms with Crippen LogP contribution in [0.3, 0.4) is 0 Å². The van der Waals surface area contributed by atoms with Crippen LogP contribution in [0.25, 0.3) is 11.3 Å². The maximum absolute atomic E-state index is 5.88. The van der Waals surface area contributed by atoms with Crippen LogP contribution >= 0.6 is 0 Å². The van der Waals surface area contributed by atoms with Crippen molar-refractivity contribution in [2.24, 2.45) is 5.92 Å². The number of aromatic nitrogens is 1. The van der Waals surface area contributed by atoms with Gasteiger partial charge in [-0.15, -0.1) is 0 Å². The smallest absolute Gasteiger partial charge is 0.119 e. The summed E-state index contributed by atoms with van der Waals surface area (Å²) in [5.41, 5.74) is 3.54. The third kappa shape index (κ3) is 9.47. The lowest BCUT2D eigenvalue weighted by Crippen LogP contribution is -2.00. The van der Waals surface area contributed by atoms with Gasteiger partial charge < -0.3 is 4.74 Å². The topological polar surface area (TPSA) is 22.1 Å². The summed E-state index contributed by atoms with van der Waals surface area (Å²) in [7, 11) is 0. The second kappa shape index (κ2) is 14.2. The van der Waals surface area contributed by atoms with Crippen molar-refractivity contribution in [3.63, 3.8) is 0 Å². The Morgan fingerprint density at radius 1 is 0.828 bits per heavy atom. The lowest BCUT2D eigenvalue weighted by molar-refractivity contribution is 0.294. The highest BCUT2D eigenvalue weighted by Gasteiger charge is 2.03. The summed E-state index contributed by atoms with van der Waals surface area (Å²) in [6.45, 7) is 7.63. The Balaban J connectivity index is 1.70. The molecule has 0 bridgehead atoms. The Hall–Kier alpha value is -1.83. The fourth-order valence-electron chi connectivity index (χ4n) is 3.58. The van der Waals surface area contributed by atoms with E-state index >= 15 is 0 Å². The van der Waals surface area contributed by atoms with Gasteiger partial charge >= 0.3 is 0 Å². The maximum atomic E-state index is 5.88. The molecule has 0 aliphatic rings. The van der Waals surface area contributed by atoms with Gasteiger partial charge in [0.2, 0.25) is 0 Å². The third-order valence-electron chi connectivity index (χ3n) is 5.85. The number of rotatable bonds is 15. The zero-order chi connectivity index (χ0) is 20.7. The van der Waals surface area contributed by atoms with E-state index in [4.69, 9.17) is 4.74 Å². The number of ether oxygens (including phenoxy) is 1. The molecule has 2 nitrogen and oxygen atoms in total. The van der Waals surface area contributed by atoms with Crippen LogP contribution in [-0.4, -0.2) is 11.6 Å². The zero-order valence-corrected chi connectivity index (χ0v) is 19.0. The van der Waals surface area contributed by atoms with Crippen molar-refractivity contribution in [2.45, 2.75) is 91.4 Å². The molecule has 0 aliphatic heterocycles. The number of aryl methyl sites for hydroxylation is 1. The fraction of sp³-hybridized carbons (Fsp3) is 0.593.